The summed E-state index contributed by atoms with van der Waals surface area (Å²) in [6.45, 7) is 9.26. The number of hydrogen-bond donors (Lipinski definition) is 4. The molecule has 2 aromatic rings. The first-order valence-corrected chi connectivity index (χ1v) is 16.6. The summed E-state index contributed by atoms with van der Waals surface area (Å²) in [5, 5.41) is 21.1. The van der Waals surface area contributed by atoms with Gasteiger partial charge in [0.15, 0.2) is 6.29 Å². The normalized spacial score (nSPS) is 27.7. The molecular weight excluding hydrogens is 570 g/mol. The molecule has 5 rings (SSSR count). The number of likely N-dealkylation sites (tertiary alicyclic amines) is 1. The van der Waals surface area contributed by atoms with Crippen molar-refractivity contribution in [1.29, 1.82) is 0 Å². The Morgan fingerprint density at radius 2 is 1.56 bits per heavy atom. The van der Waals surface area contributed by atoms with Crippen molar-refractivity contribution in [3.63, 3.8) is 0 Å². The van der Waals surface area contributed by atoms with Crippen molar-refractivity contribution >= 4 is 17.5 Å². The highest BCUT2D eigenvalue weighted by molar-refractivity contribution is 5.90. The van der Waals surface area contributed by atoms with Crippen LogP contribution < -0.4 is 10.8 Å². The van der Waals surface area contributed by atoms with E-state index in [2.05, 4.69) is 31.0 Å². The molecule has 2 amide bonds. The number of amides is 2. The molecule has 45 heavy (non-hydrogen) atoms. The van der Waals surface area contributed by atoms with Crippen LogP contribution in [0.5, 0.6) is 0 Å². The average Bonchev–Trinajstić information content (AvgIpc) is 3.25. The number of hydrogen-bond acceptors (Lipinski definition) is 7. The Labute approximate surface area is 267 Å². The lowest BCUT2D eigenvalue weighted by Crippen LogP contribution is -2.42. The summed E-state index contributed by atoms with van der Waals surface area (Å²) < 4.78 is 13.2. The number of nitrogens with one attached hydrogen (secondary N) is 2. The van der Waals surface area contributed by atoms with Gasteiger partial charge in [-0.2, -0.15) is 0 Å². The molecule has 9 nitrogen and oxygen atoms in total. The molecule has 2 heterocycles. The second-order valence-corrected chi connectivity index (χ2v) is 14.6. The number of carbonyl (C=O) groups is 2. The zero-order valence-corrected chi connectivity index (χ0v) is 27.1. The molecule has 0 aromatic heterocycles. The summed E-state index contributed by atoms with van der Waals surface area (Å²) in [6.07, 6.45) is 7.66. The number of fused-ring (bicyclic) bond motifs is 2. The summed E-state index contributed by atoms with van der Waals surface area (Å²) in [6, 6.07) is 16.3. The van der Waals surface area contributed by atoms with E-state index >= 15 is 0 Å². The quantitative estimate of drug-likeness (QED) is 0.116. The summed E-state index contributed by atoms with van der Waals surface area (Å²) in [5.41, 5.74) is 5.96. The average molecular weight is 622 g/mol. The zero-order chi connectivity index (χ0) is 32.0. The fourth-order valence-corrected chi connectivity index (χ4v) is 8.01. The van der Waals surface area contributed by atoms with E-state index in [4.69, 9.17) is 14.7 Å². The Morgan fingerprint density at radius 1 is 0.889 bits per heavy atom. The second-order valence-electron chi connectivity index (χ2n) is 14.6. The first-order valence-electron chi connectivity index (χ1n) is 16.6. The summed E-state index contributed by atoms with van der Waals surface area (Å²) in [4.78, 5) is 26.3. The van der Waals surface area contributed by atoms with Crippen LogP contribution in [0.3, 0.4) is 0 Å². The van der Waals surface area contributed by atoms with E-state index in [0.29, 0.717) is 29.7 Å². The smallest absolute Gasteiger partial charge is 0.243 e. The van der Waals surface area contributed by atoms with Crippen LogP contribution in [0.2, 0.25) is 0 Å². The Balaban J connectivity index is 1.20. The van der Waals surface area contributed by atoms with Crippen LogP contribution in [-0.4, -0.2) is 52.3 Å². The van der Waals surface area contributed by atoms with Crippen LogP contribution in [0.25, 0.3) is 0 Å². The van der Waals surface area contributed by atoms with Gasteiger partial charge in [0.1, 0.15) is 0 Å². The molecule has 2 bridgehead atoms. The predicted octanol–water partition coefficient (Wildman–Crippen LogP) is 6.41. The zero-order valence-electron chi connectivity index (χ0n) is 27.1. The Morgan fingerprint density at radius 3 is 2.22 bits per heavy atom. The highest BCUT2D eigenvalue weighted by atomic mass is 16.7. The highest BCUT2D eigenvalue weighted by Gasteiger charge is 2.50. The van der Waals surface area contributed by atoms with Crippen LogP contribution >= 0.6 is 0 Å². The van der Waals surface area contributed by atoms with Crippen LogP contribution in [0, 0.1) is 10.8 Å². The summed E-state index contributed by atoms with van der Waals surface area (Å²) in [7, 11) is 0. The van der Waals surface area contributed by atoms with Gasteiger partial charge >= 0.3 is 0 Å². The van der Waals surface area contributed by atoms with Crippen LogP contribution in [0.1, 0.15) is 114 Å². The van der Waals surface area contributed by atoms with Gasteiger partial charge in [-0.15, -0.1) is 0 Å². The molecule has 0 radical (unpaired) electrons. The van der Waals surface area contributed by atoms with Crippen molar-refractivity contribution in [2.45, 2.75) is 116 Å². The number of ether oxygens (including phenoxy) is 2. The number of carbonyl (C=O) groups excluding carboxylic acids is 2. The van der Waals surface area contributed by atoms with Crippen LogP contribution in [0.4, 0.5) is 5.69 Å². The van der Waals surface area contributed by atoms with Crippen molar-refractivity contribution < 1.29 is 29.4 Å². The molecule has 3 aliphatic rings. The van der Waals surface area contributed by atoms with E-state index in [0.717, 1.165) is 61.2 Å². The van der Waals surface area contributed by atoms with Crippen LogP contribution in [0.15, 0.2) is 48.5 Å². The third kappa shape index (κ3) is 9.14. The molecule has 246 valence electrons. The lowest BCUT2D eigenvalue weighted by Gasteiger charge is -2.41. The van der Waals surface area contributed by atoms with E-state index in [1.165, 1.54) is 19.3 Å². The van der Waals surface area contributed by atoms with E-state index in [1.807, 2.05) is 48.5 Å². The molecule has 2 aromatic carbocycles. The van der Waals surface area contributed by atoms with Crippen molar-refractivity contribution in [3.8, 4) is 0 Å². The van der Waals surface area contributed by atoms with E-state index in [1.54, 1.807) is 5.48 Å². The van der Waals surface area contributed by atoms with Crippen molar-refractivity contribution in [2.24, 2.45) is 10.8 Å². The number of hydroxylamine groups is 1. The van der Waals surface area contributed by atoms with Gasteiger partial charge in [-0.05, 0) is 66.2 Å². The number of aliphatic hydroxyl groups excluding tert-OH is 1. The van der Waals surface area contributed by atoms with Gasteiger partial charge in [0.05, 0.1) is 18.8 Å². The standard InChI is InChI=1S/C36H51N3O6/c1-35(2)19-29-20-36(3,23-35)24-39(29)21-30-18-31(26-12-10-25(22-40)11-13-26)45-34(44-30)27-14-16-28(17-15-27)37-32(41)8-6-4-5-7-9-33(42)38-43/h10-17,29-31,34,40,43H,4-9,18-24H2,1-3H3,(H,37,41)(H,38,42)/t29?,30-,31+,34+,36?/m0/s1. The minimum absolute atomic E-state index is 0.00901. The fraction of sp³-hybridized carbons (Fsp3) is 0.611. The predicted molar refractivity (Wildman–Crippen MR) is 172 cm³/mol. The molecular formula is C36H51N3O6. The molecule has 5 atom stereocenters. The van der Waals surface area contributed by atoms with Crippen LogP contribution in [-0.2, 0) is 25.7 Å². The molecule has 2 unspecified atom stereocenters. The second kappa shape index (κ2) is 14.7. The topological polar surface area (TPSA) is 120 Å². The Hall–Kier alpha value is -2.82. The SMILES string of the molecule is CC1(C)CC2CC(C)(CN2C[C@@H]2C[C@H](c3ccc(CO)cc3)O[C@H](c3ccc(NC(=O)CCCCCCC(=O)NO)cc3)O2)C1. The molecule has 1 saturated carbocycles. The number of rotatable bonds is 13. The molecule has 3 fully saturated rings. The largest absolute Gasteiger partial charge is 0.392 e. The number of anilines is 1. The summed E-state index contributed by atoms with van der Waals surface area (Å²) >= 11 is 0. The van der Waals surface area contributed by atoms with Gasteiger partial charge in [0, 0.05) is 49.6 Å². The first kappa shape index (κ1) is 33.5. The molecule has 2 saturated heterocycles. The molecule has 9 heteroatoms. The lowest BCUT2D eigenvalue weighted by atomic mass is 9.65. The van der Waals surface area contributed by atoms with Crippen molar-refractivity contribution in [1.82, 2.24) is 10.4 Å². The lowest BCUT2D eigenvalue weighted by molar-refractivity contribution is -0.253. The Bertz CT molecular complexity index is 1280. The van der Waals surface area contributed by atoms with Gasteiger partial charge in [0.2, 0.25) is 11.8 Å². The van der Waals surface area contributed by atoms with Gasteiger partial charge in [-0.1, -0.05) is 70.0 Å². The monoisotopic (exact) mass is 621 g/mol. The molecule has 4 N–H and O–H groups in total. The number of benzene rings is 2. The maximum absolute atomic E-state index is 12.5. The molecule has 0 spiro atoms. The van der Waals surface area contributed by atoms with E-state index in [9.17, 15) is 14.7 Å². The third-order valence-corrected chi connectivity index (χ3v) is 9.73. The van der Waals surface area contributed by atoms with Gasteiger partial charge in [-0.25, -0.2) is 5.48 Å². The highest BCUT2D eigenvalue weighted by Crippen LogP contribution is 2.53. The summed E-state index contributed by atoms with van der Waals surface area (Å²) in [5.74, 6) is -0.421. The maximum atomic E-state index is 12.5. The minimum Gasteiger partial charge on any atom is -0.392 e. The minimum atomic E-state index is -0.530. The van der Waals surface area contributed by atoms with Crippen molar-refractivity contribution in [2.75, 3.05) is 18.4 Å². The fourth-order valence-electron chi connectivity index (χ4n) is 8.01. The number of aliphatic hydroxyl groups is 1. The van der Waals surface area contributed by atoms with Gasteiger partial charge in [0.25, 0.3) is 0 Å². The van der Waals surface area contributed by atoms with Gasteiger partial charge < -0.3 is 19.9 Å². The van der Waals surface area contributed by atoms with E-state index in [-0.39, 0.29) is 37.0 Å². The number of nitrogens with zero attached hydrogens (tertiary/aromatic N) is 1. The van der Waals surface area contributed by atoms with Gasteiger partial charge in [-0.3, -0.25) is 19.7 Å². The Kier molecular flexibility index (Phi) is 11.0. The van der Waals surface area contributed by atoms with Crippen molar-refractivity contribution in [3.05, 3.63) is 65.2 Å². The van der Waals surface area contributed by atoms with E-state index < -0.39 is 6.29 Å². The molecule has 1 aliphatic carbocycles. The number of unbranched alkanes of at least 4 members (excludes halogenated alkanes) is 3. The maximum Gasteiger partial charge on any atom is 0.243 e. The molecule has 2 aliphatic heterocycles. The first-order chi connectivity index (χ1) is 21.5. The third-order valence-electron chi connectivity index (χ3n) is 9.73.